The second-order valence-electron chi connectivity index (χ2n) is 3.03. The molecular formula is C10H15N3O2. The Kier molecular flexibility index (Phi) is 3.91. The Balaban J connectivity index is 2.75. The first-order valence-electron chi connectivity index (χ1n) is 4.66. The first-order valence-corrected chi connectivity index (χ1v) is 4.66. The average Bonchev–Trinajstić information content (AvgIpc) is 2.28. The maximum Gasteiger partial charge on any atom is 0.241 e. The molecule has 5 nitrogen and oxygen atoms in total. The van der Waals surface area contributed by atoms with Crippen molar-refractivity contribution in [2.45, 2.75) is 13.0 Å². The fraction of sp³-hybridized carbons (Fsp3) is 0.400. The van der Waals surface area contributed by atoms with Crippen molar-refractivity contribution in [1.82, 2.24) is 10.3 Å². The van der Waals surface area contributed by atoms with Gasteiger partial charge < -0.3 is 15.4 Å². The normalized spacial score (nSPS) is 11.7. The lowest BCUT2D eigenvalue weighted by atomic mass is 10.3. The highest BCUT2D eigenvalue weighted by molar-refractivity contribution is 5.83. The molecular weight excluding hydrogens is 194 g/mol. The second kappa shape index (κ2) is 5.19. The lowest BCUT2D eigenvalue weighted by Crippen LogP contribution is -2.35. The number of rotatable bonds is 4. The van der Waals surface area contributed by atoms with E-state index in [1.54, 1.807) is 39.4 Å². The molecule has 1 aromatic rings. The van der Waals surface area contributed by atoms with Crippen molar-refractivity contribution in [3.8, 4) is 5.75 Å². The van der Waals surface area contributed by atoms with Gasteiger partial charge in [0.1, 0.15) is 6.04 Å². The number of hydrogen-bond donors (Lipinski definition) is 2. The van der Waals surface area contributed by atoms with Crippen LogP contribution >= 0.6 is 0 Å². The number of hydrogen-bond acceptors (Lipinski definition) is 4. The van der Waals surface area contributed by atoms with Crippen LogP contribution in [0.2, 0.25) is 0 Å². The van der Waals surface area contributed by atoms with Gasteiger partial charge in [-0.15, -0.1) is 0 Å². The summed E-state index contributed by atoms with van der Waals surface area (Å²) in [6.07, 6.45) is 1.64. The minimum Gasteiger partial charge on any atom is -0.493 e. The largest absolute Gasteiger partial charge is 0.493 e. The van der Waals surface area contributed by atoms with Gasteiger partial charge in [0.25, 0.3) is 0 Å². The summed E-state index contributed by atoms with van der Waals surface area (Å²) in [6.45, 7) is 1.76. The van der Waals surface area contributed by atoms with Crippen molar-refractivity contribution in [2.24, 2.45) is 0 Å². The number of carbonyl (C=O) groups is 1. The maximum absolute atomic E-state index is 11.3. The number of pyridine rings is 1. The van der Waals surface area contributed by atoms with Crippen molar-refractivity contribution in [3.05, 3.63) is 18.3 Å². The summed E-state index contributed by atoms with van der Waals surface area (Å²) in [7, 11) is 3.16. The van der Waals surface area contributed by atoms with Crippen LogP contribution in [0.4, 0.5) is 5.82 Å². The third-order valence-electron chi connectivity index (χ3n) is 1.98. The molecule has 0 spiro atoms. The molecule has 1 rings (SSSR count). The molecule has 0 bridgehead atoms. The topological polar surface area (TPSA) is 63.2 Å². The summed E-state index contributed by atoms with van der Waals surface area (Å²) >= 11 is 0. The molecule has 0 radical (unpaired) electrons. The second-order valence-corrected chi connectivity index (χ2v) is 3.03. The molecule has 1 heterocycles. The Labute approximate surface area is 88.9 Å². The number of aromatic nitrogens is 1. The van der Waals surface area contributed by atoms with Crippen LogP contribution in [0.5, 0.6) is 5.75 Å². The predicted molar refractivity (Wildman–Crippen MR) is 57.9 cm³/mol. The van der Waals surface area contributed by atoms with Gasteiger partial charge in [0.2, 0.25) is 5.91 Å². The molecule has 0 aromatic carbocycles. The summed E-state index contributed by atoms with van der Waals surface area (Å²) < 4.78 is 5.10. The molecule has 0 aliphatic rings. The number of nitrogens with zero attached hydrogens (tertiary/aromatic N) is 1. The number of carbonyl (C=O) groups excluding carboxylic acids is 1. The summed E-state index contributed by atoms with van der Waals surface area (Å²) in [5.74, 6) is 1.09. The SMILES string of the molecule is CNC(=O)C(C)Nc1ncccc1OC. The summed E-state index contributed by atoms with van der Waals surface area (Å²) in [4.78, 5) is 15.4. The molecule has 2 N–H and O–H groups in total. The molecule has 0 aliphatic carbocycles. The van der Waals surface area contributed by atoms with E-state index >= 15 is 0 Å². The van der Waals surface area contributed by atoms with Gasteiger partial charge in [0, 0.05) is 13.2 Å². The lowest BCUT2D eigenvalue weighted by molar-refractivity contribution is -0.121. The highest BCUT2D eigenvalue weighted by Crippen LogP contribution is 2.20. The molecule has 1 unspecified atom stereocenters. The van der Waals surface area contributed by atoms with Crippen LogP contribution < -0.4 is 15.4 Å². The molecule has 1 atom stereocenters. The van der Waals surface area contributed by atoms with E-state index in [9.17, 15) is 4.79 Å². The Morgan fingerprint density at radius 1 is 1.60 bits per heavy atom. The van der Waals surface area contributed by atoms with Crippen LogP contribution in [0.1, 0.15) is 6.92 Å². The highest BCUT2D eigenvalue weighted by Gasteiger charge is 2.13. The van der Waals surface area contributed by atoms with E-state index in [4.69, 9.17) is 4.74 Å². The Morgan fingerprint density at radius 3 is 2.93 bits per heavy atom. The van der Waals surface area contributed by atoms with Crippen LogP contribution in [0, 0.1) is 0 Å². The number of anilines is 1. The number of ether oxygens (including phenoxy) is 1. The minimum atomic E-state index is -0.348. The first-order chi connectivity index (χ1) is 7.19. The van der Waals surface area contributed by atoms with Crippen molar-refractivity contribution in [3.63, 3.8) is 0 Å². The Morgan fingerprint density at radius 2 is 2.33 bits per heavy atom. The third-order valence-corrected chi connectivity index (χ3v) is 1.98. The third kappa shape index (κ3) is 2.83. The van der Waals surface area contributed by atoms with Crippen LogP contribution in [0.25, 0.3) is 0 Å². The monoisotopic (exact) mass is 209 g/mol. The number of nitrogens with one attached hydrogen (secondary N) is 2. The number of methoxy groups -OCH3 is 1. The zero-order valence-electron chi connectivity index (χ0n) is 9.07. The molecule has 1 amide bonds. The molecule has 15 heavy (non-hydrogen) atoms. The van der Waals surface area contributed by atoms with Gasteiger partial charge in [-0.3, -0.25) is 4.79 Å². The van der Waals surface area contributed by atoms with E-state index in [0.717, 1.165) is 0 Å². The lowest BCUT2D eigenvalue weighted by Gasteiger charge is -2.14. The van der Waals surface area contributed by atoms with E-state index in [2.05, 4.69) is 15.6 Å². The standard InChI is InChI=1S/C10H15N3O2/c1-7(10(14)11-2)13-9-8(15-3)5-4-6-12-9/h4-7H,1-3H3,(H,11,14)(H,12,13). The molecule has 82 valence electrons. The van der Waals surface area contributed by atoms with Gasteiger partial charge in [-0.1, -0.05) is 0 Å². The quantitative estimate of drug-likeness (QED) is 0.763. The van der Waals surface area contributed by atoms with E-state index in [1.165, 1.54) is 0 Å². The molecule has 0 saturated carbocycles. The van der Waals surface area contributed by atoms with E-state index in [-0.39, 0.29) is 11.9 Å². The number of amides is 1. The Bertz CT molecular complexity index is 341. The summed E-state index contributed by atoms with van der Waals surface area (Å²) in [5.41, 5.74) is 0. The molecule has 0 saturated heterocycles. The average molecular weight is 209 g/mol. The Hall–Kier alpha value is -1.78. The van der Waals surface area contributed by atoms with Gasteiger partial charge >= 0.3 is 0 Å². The fourth-order valence-corrected chi connectivity index (χ4v) is 1.15. The van der Waals surface area contributed by atoms with Crippen molar-refractivity contribution in [2.75, 3.05) is 19.5 Å². The van der Waals surface area contributed by atoms with Crippen LogP contribution in [0.3, 0.4) is 0 Å². The van der Waals surface area contributed by atoms with E-state index < -0.39 is 0 Å². The zero-order valence-corrected chi connectivity index (χ0v) is 9.07. The summed E-state index contributed by atoms with van der Waals surface area (Å²) in [5, 5.41) is 5.52. The highest BCUT2D eigenvalue weighted by atomic mass is 16.5. The molecule has 0 aliphatic heterocycles. The van der Waals surface area contributed by atoms with Crippen LogP contribution in [-0.4, -0.2) is 31.1 Å². The van der Waals surface area contributed by atoms with Crippen molar-refractivity contribution >= 4 is 11.7 Å². The van der Waals surface area contributed by atoms with Gasteiger partial charge in [-0.2, -0.15) is 0 Å². The zero-order chi connectivity index (χ0) is 11.3. The van der Waals surface area contributed by atoms with E-state index in [1.807, 2.05) is 0 Å². The van der Waals surface area contributed by atoms with Crippen molar-refractivity contribution in [1.29, 1.82) is 0 Å². The minimum absolute atomic E-state index is 0.0947. The number of likely N-dealkylation sites (N-methyl/N-ethyl adjacent to an activating group) is 1. The molecule has 1 aromatic heterocycles. The molecule has 5 heteroatoms. The van der Waals surface area contributed by atoms with Crippen LogP contribution in [0.15, 0.2) is 18.3 Å². The van der Waals surface area contributed by atoms with Crippen LogP contribution in [-0.2, 0) is 4.79 Å². The predicted octanol–water partition coefficient (Wildman–Crippen LogP) is 0.637. The van der Waals surface area contributed by atoms with Gasteiger partial charge in [-0.25, -0.2) is 4.98 Å². The van der Waals surface area contributed by atoms with Gasteiger partial charge in [0.15, 0.2) is 11.6 Å². The maximum atomic E-state index is 11.3. The smallest absolute Gasteiger partial charge is 0.241 e. The first kappa shape index (κ1) is 11.3. The van der Waals surface area contributed by atoms with Crippen molar-refractivity contribution < 1.29 is 9.53 Å². The summed E-state index contributed by atoms with van der Waals surface area (Å²) in [6, 6.07) is 3.21. The van der Waals surface area contributed by atoms with Gasteiger partial charge in [-0.05, 0) is 19.1 Å². The van der Waals surface area contributed by atoms with Gasteiger partial charge in [0.05, 0.1) is 7.11 Å². The fourth-order valence-electron chi connectivity index (χ4n) is 1.15. The molecule has 0 fully saturated rings. The van der Waals surface area contributed by atoms with E-state index in [0.29, 0.717) is 11.6 Å².